The van der Waals surface area contributed by atoms with Gasteiger partial charge in [0.05, 0.1) is 0 Å². The van der Waals surface area contributed by atoms with Crippen LogP contribution < -0.4 is 10.9 Å². The first-order valence-electron chi connectivity index (χ1n) is 6.96. The third kappa shape index (κ3) is 3.67. The SMILES string of the molecule is O=C(O)CCCCNC(=O)c1cc2cc(F)c(O)c(F)c2oc1=O. The zero-order valence-corrected chi connectivity index (χ0v) is 12.3. The van der Waals surface area contributed by atoms with Crippen LogP contribution in [-0.4, -0.2) is 28.6 Å². The van der Waals surface area contributed by atoms with Crippen LogP contribution >= 0.6 is 0 Å². The number of rotatable bonds is 6. The van der Waals surface area contributed by atoms with Crippen LogP contribution in [0.5, 0.6) is 5.75 Å². The van der Waals surface area contributed by atoms with E-state index in [1.165, 1.54) is 0 Å². The van der Waals surface area contributed by atoms with Crippen LogP contribution in [0, 0.1) is 11.6 Å². The van der Waals surface area contributed by atoms with Gasteiger partial charge in [-0.25, -0.2) is 9.18 Å². The van der Waals surface area contributed by atoms with Crippen molar-refractivity contribution in [1.29, 1.82) is 0 Å². The zero-order valence-electron chi connectivity index (χ0n) is 12.3. The molecular formula is C15H13F2NO6. The van der Waals surface area contributed by atoms with E-state index >= 15 is 0 Å². The largest absolute Gasteiger partial charge is 0.503 e. The molecule has 0 aliphatic heterocycles. The molecule has 128 valence electrons. The molecule has 0 saturated heterocycles. The van der Waals surface area contributed by atoms with E-state index in [0.29, 0.717) is 12.8 Å². The number of fused-ring (bicyclic) bond motifs is 1. The second kappa shape index (κ2) is 7.07. The number of hydrogen-bond donors (Lipinski definition) is 3. The van der Waals surface area contributed by atoms with Crippen molar-refractivity contribution in [2.75, 3.05) is 6.54 Å². The van der Waals surface area contributed by atoms with E-state index < -0.39 is 46.0 Å². The minimum atomic E-state index is -1.43. The highest BCUT2D eigenvalue weighted by Crippen LogP contribution is 2.28. The summed E-state index contributed by atoms with van der Waals surface area (Å²) in [6.07, 6.45) is 0.682. The van der Waals surface area contributed by atoms with Crippen molar-refractivity contribution >= 4 is 22.8 Å². The lowest BCUT2D eigenvalue weighted by Crippen LogP contribution is -2.29. The first-order chi connectivity index (χ1) is 11.3. The molecule has 0 saturated carbocycles. The lowest BCUT2D eigenvalue weighted by molar-refractivity contribution is -0.137. The maximum atomic E-state index is 13.7. The molecule has 24 heavy (non-hydrogen) atoms. The molecule has 3 N–H and O–H groups in total. The average molecular weight is 341 g/mol. The summed E-state index contributed by atoms with van der Waals surface area (Å²) in [7, 11) is 0. The number of hydrogen-bond acceptors (Lipinski definition) is 5. The van der Waals surface area contributed by atoms with Gasteiger partial charge in [-0.3, -0.25) is 9.59 Å². The van der Waals surface area contributed by atoms with Gasteiger partial charge in [-0.1, -0.05) is 0 Å². The molecule has 9 heteroatoms. The van der Waals surface area contributed by atoms with Crippen LogP contribution in [0.3, 0.4) is 0 Å². The molecule has 0 fully saturated rings. The van der Waals surface area contributed by atoms with Crippen molar-refractivity contribution < 1.29 is 33.0 Å². The normalized spacial score (nSPS) is 10.8. The summed E-state index contributed by atoms with van der Waals surface area (Å²) in [5.74, 6) is -5.73. The highest BCUT2D eigenvalue weighted by atomic mass is 19.1. The fourth-order valence-electron chi connectivity index (χ4n) is 2.04. The number of carboxylic acid groups (broad SMARTS) is 1. The summed E-state index contributed by atoms with van der Waals surface area (Å²) in [4.78, 5) is 34.0. The fourth-order valence-corrected chi connectivity index (χ4v) is 2.04. The molecule has 1 heterocycles. The third-order valence-electron chi connectivity index (χ3n) is 3.24. The van der Waals surface area contributed by atoms with Crippen molar-refractivity contribution in [3.05, 3.63) is 39.8 Å². The van der Waals surface area contributed by atoms with Gasteiger partial charge in [-0.2, -0.15) is 4.39 Å². The number of carbonyl (C=O) groups excluding carboxylic acids is 1. The van der Waals surface area contributed by atoms with E-state index in [1.807, 2.05) is 0 Å². The Hall–Kier alpha value is -2.97. The number of unbranched alkanes of at least 4 members (excludes halogenated alkanes) is 1. The van der Waals surface area contributed by atoms with Gasteiger partial charge in [0.1, 0.15) is 5.56 Å². The molecule has 0 unspecified atom stereocenters. The van der Waals surface area contributed by atoms with E-state index in [0.717, 1.165) is 12.1 Å². The van der Waals surface area contributed by atoms with Crippen molar-refractivity contribution in [1.82, 2.24) is 5.32 Å². The summed E-state index contributed by atoms with van der Waals surface area (Å²) in [6, 6.07) is 1.69. The lowest BCUT2D eigenvalue weighted by Gasteiger charge is -2.06. The molecule has 1 aromatic carbocycles. The van der Waals surface area contributed by atoms with Gasteiger partial charge in [-0.05, 0) is 25.0 Å². The highest BCUT2D eigenvalue weighted by molar-refractivity contribution is 5.96. The van der Waals surface area contributed by atoms with Crippen LogP contribution in [0.1, 0.15) is 29.6 Å². The van der Waals surface area contributed by atoms with Gasteiger partial charge in [0, 0.05) is 18.4 Å². The van der Waals surface area contributed by atoms with Crippen LogP contribution in [0.2, 0.25) is 0 Å². The monoisotopic (exact) mass is 341 g/mol. The number of aromatic hydroxyl groups is 1. The summed E-state index contributed by atoms with van der Waals surface area (Å²) in [5, 5.41) is 19.8. The summed E-state index contributed by atoms with van der Waals surface area (Å²) in [6.45, 7) is 0.127. The molecule has 0 atom stereocenters. The second-order valence-electron chi connectivity index (χ2n) is 4.99. The van der Waals surface area contributed by atoms with Crippen LogP contribution in [0.15, 0.2) is 21.3 Å². The molecule has 7 nitrogen and oxygen atoms in total. The molecular weight excluding hydrogens is 328 g/mol. The number of carboxylic acids is 1. The molecule has 0 radical (unpaired) electrons. The maximum Gasteiger partial charge on any atom is 0.349 e. The van der Waals surface area contributed by atoms with Gasteiger partial charge in [0.2, 0.25) is 5.82 Å². The van der Waals surface area contributed by atoms with Crippen LogP contribution in [0.4, 0.5) is 8.78 Å². The van der Waals surface area contributed by atoms with Crippen molar-refractivity contribution in [3.63, 3.8) is 0 Å². The number of benzene rings is 1. The molecule has 2 aromatic rings. The smallest absolute Gasteiger partial charge is 0.349 e. The van der Waals surface area contributed by atoms with Gasteiger partial charge < -0.3 is 19.9 Å². The standard InChI is InChI=1S/C15H13F2NO6/c16-9-6-7-5-8(14(22)18-4-2-1-3-10(19)20)15(23)24-13(7)11(17)12(9)21/h5-6,21H,1-4H2,(H,18,22)(H,19,20). The Kier molecular flexibility index (Phi) is 5.12. The molecule has 1 aromatic heterocycles. The topological polar surface area (TPSA) is 117 Å². The number of aliphatic carboxylic acids is 1. The molecule has 0 bridgehead atoms. The summed E-state index contributed by atoms with van der Waals surface area (Å²) in [5.41, 5.74) is -2.25. The third-order valence-corrected chi connectivity index (χ3v) is 3.24. The molecule has 1 amide bonds. The maximum absolute atomic E-state index is 13.7. The Balaban J connectivity index is 2.18. The van der Waals surface area contributed by atoms with Gasteiger partial charge in [-0.15, -0.1) is 0 Å². The van der Waals surface area contributed by atoms with E-state index in [2.05, 4.69) is 9.73 Å². The molecule has 0 aliphatic rings. The van der Waals surface area contributed by atoms with E-state index in [1.54, 1.807) is 0 Å². The van der Waals surface area contributed by atoms with Crippen molar-refractivity contribution in [2.45, 2.75) is 19.3 Å². The van der Waals surface area contributed by atoms with E-state index in [9.17, 15) is 23.2 Å². The number of phenols is 1. The highest BCUT2D eigenvalue weighted by Gasteiger charge is 2.19. The second-order valence-corrected chi connectivity index (χ2v) is 4.99. The molecule has 2 rings (SSSR count). The Morgan fingerprint density at radius 1 is 1.21 bits per heavy atom. The van der Waals surface area contributed by atoms with Gasteiger partial charge >= 0.3 is 11.6 Å². The van der Waals surface area contributed by atoms with Crippen molar-refractivity contribution in [3.8, 4) is 5.75 Å². The first-order valence-corrected chi connectivity index (χ1v) is 6.96. The number of halogens is 2. The quantitative estimate of drug-likeness (QED) is 0.544. The fraction of sp³-hybridized carbons (Fsp3) is 0.267. The Morgan fingerprint density at radius 2 is 1.92 bits per heavy atom. The predicted molar refractivity (Wildman–Crippen MR) is 77.9 cm³/mol. The lowest BCUT2D eigenvalue weighted by atomic mass is 10.1. The van der Waals surface area contributed by atoms with Gasteiger partial charge in [0.25, 0.3) is 5.91 Å². The molecule has 0 aliphatic carbocycles. The average Bonchev–Trinajstić information content (AvgIpc) is 2.52. The van der Waals surface area contributed by atoms with E-state index in [4.69, 9.17) is 10.2 Å². The Bertz CT molecular complexity index is 861. The number of nitrogens with one attached hydrogen (secondary N) is 1. The summed E-state index contributed by atoms with van der Waals surface area (Å²) < 4.78 is 31.6. The Morgan fingerprint density at radius 3 is 2.58 bits per heavy atom. The predicted octanol–water partition coefficient (Wildman–Crippen LogP) is 1.76. The minimum Gasteiger partial charge on any atom is -0.503 e. The first kappa shape index (κ1) is 17.4. The molecule has 0 spiro atoms. The van der Waals surface area contributed by atoms with Crippen LogP contribution in [-0.2, 0) is 4.79 Å². The summed E-state index contributed by atoms with van der Waals surface area (Å²) >= 11 is 0. The van der Waals surface area contributed by atoms with Gasteiger partial charge in [0.15, 0.2) is 17.1 Å². The number of carbonyl (C=O) groups is 2. The number of amides is 1. The van der Waals surface area contributed by atoms with Crippen molar-refractivity contribution in [2.24, 2.45) is 0 Å². The van der Waals surface area contributed by atoms with Crippen LogP contribution in [0.25, 0.3) is 11.0 Å². The zero-order chi connectivity index (χ0) is 17.9. The Labute approximate surface area is 133 Å². The minimum absolute atomic E-state index is 0.0456. The van der Waals surface area contributed by atoms with E-state index in [-0.39, 0.29) is 18.4 Å². The number of phenolic OH excluding ortho intramolecular Hbond substituents is 1.